The Bertz CT molecular complexity index is 330. The lowest BCUT2D eigenvalue weighted by Gasteiger charge is -2.28. The number of nitrogens with zero attached hydrogens (tertiary/aromatic N) is 1. The Morgan fingerprint density at radius 1 is 1.56 bits per heavy atom. The van der Waals surface area contributed by atoms with Crippen LogP contribution in [-0.4, -0.2) is 29.4 Å². The van der Waals surface area contributed by atoms with E-state index in [1.54, 1.807) is 4.90 Å². The van der Waals surface area contributed by atoms with Gasteiger partial charge >= 0.3 is 0 Å². The van der Waals surface area contributed by atoms with Crippen LogP contribution in [0.3, 0.4) is 0 Å². The van der Waals surface area contributed by atoms with Crippen LogP contribution in [0.2, 0.25) is 0 Å². The topological polar surface area (TPSA) is 62.1 Å². The van der Waals surface area contributed by atoms with Crippen LogP contribution in [0, 0.1) is 5.41 Å². The molecule has 4 heteroatoms. The molecule has 0 radical (unpaired) electrons. The van der Waals surface area contributed by atoms with Crippen molar-refractivity contribution in [3.8, 4) is 0 Å². The van der Waals surface area contributed by atoms with Gasteiger partial charge in [0.25, 0.3) is 0 Å². The van der Waals surface area contributed by atoms with Crippen LogP contribution in [0.1, 0.15) is 25.8 Å². The first kappa shape index (κ1) is 12.8. The molecule has 0 bridgehead atoms. The molecule has 0 atom stereocenters. The molecule has 0 saturated heterocycles. The smallest absolute Gasteiger partial charge is 0.228 e. The normalized spacial score (nSPS) is 11.5. The summed E-state index contributed by atoms with van der Waals surface area (Å²) < 4.78 is 0. The van der Waals surface area contributed by atoms with Gasteiger partial charge in [0, 0.05) is 31.4 Å². The molecule has 0 fully saturated rings. The summed E-state index contributed by atoms with van der Waals surface area (Å²) in [5, 5.41) is 0. The van der Waals surface area contributed by atoms with Gasteiger partial charge in [-0.15, -0.1) is 0 Å². The van der Waals surface area contributed by atoms with Gasteiger partial charge < -0.3 is 15.6 Å². The van der Waals surface area contributed by atoms with E-state index in [4.69, 9.17) is 5.73 Å². The molecular weight excluding hydrogens is 202 g/mol. The predicted molar refractivity (Wildman–Crippen MR) is 64.7 cm³/mol. The SMILES string of the molecule is CN(Cc1cc[nH]c1)C(=O)C(C)(C)CCN. The van der Waals surface area contributed by atoms with E-state index in [2.05, 4.69) is 4.98 Å². The van der Waals surface area contributed by atoms with Crippen LogP contribution in [0.25, 0.3) is 0 Å². The summed E-state index contributed by atoms with van der Waals surface area (Å²) in [5.41, 5.74) is 6.25. The van der Waals surface area contributed by atoms with E-state index in [0.717, 1.165) is 5.56 Å². The molecule has 16 heavy (non-hydrogen) atoms. The number of hydrogen-bond donors (Lipinski definition) is 2. The van der Waals surface area contributed by atoms with Gasteiger partial charge in [0.2, 0.25) is 5.91 Å². The molecule has 1 aromatic heterocycles. The van der Waals surface area contributed by atoms with Gasteiger partial charge in [-0.05, 0) is 24.6 Å². The number of rotatable bonds is 5. The van der Waals surface area contributed by atoms with Crippen molar-refractivity contribution in [1.29, 1.82) is 0 Å². The van der Waals surface area contributed by atoms with Gasteiger partial charge in [-0.3, -0.25) is 4.79 Å². The number of aromatic amines is 1. The Balaban J connectivity index is 2.60. The van der Waals surface area contributed by atoms with Crippen molar-refractivity contribution in [2.75, 3.05) is 13.6 Å². The third-order valence-corrected chi connectivity index (χ3v) is 2.78. The van der Waals surface area contributed by atoms with Crippen LogP contribution < -0.4 is 5.73 Å². The Labute approximate surface area is 96.8 Å². The first-order chi connectivity index (χ1) is 7.47. The lowest BCUT2D eigenvalue weighted by atomic mass is 9.87. The highest BCUT2D eigenvalue weighted by atomic mass is 16.2. The molecule has 1 heterocycles. The first-order valence-corrected chi connectivity index (χ1v) is 5.54. The molecule has 1 rings (SSSR count). The molecule has 0 saturated carbocycles. The molecule has 1 amide bonds. The van der Waals surface area contributed by atoms with Gasteiger partial charge in [-0.25, -0.2) is 0 Å². The predicted octanol–water partition coefficient (Wildman–Crippen LogP) is 1.35. The lowest BCUT2D eigenvalue weighted by Crippen LogP contribution is -2.39. The number of carbonyl (C=O) groups is 1. The van der Waals surface area contributed by atoms with E-state index in [-0.39, 0.29) is 11.3 Å². The molecule has 0 aliphatic rings. The minimum atomic E-state index is -0.375. The maximum Gasteiger partial charge on any atom is 0.228 e. The summed E-state index contributed by atoms with van der Waals surface area (Å²) in [6.45, 7) is 5.05. The van der Waals surface area contributed by atoms with Gasteiger partial charge in [-0.1, -0.05) is 13.8 Å². The highest BCUT2D eigenvalue weighted by molar-refractivity contribution is 5.81. The monoisotopic (exact) mass is 223 g/mol. The standard InChI is InChI=1S/C12H21N3O/c1-12(2,5-6-13)11(16)15(3)9-10-4-7-14-8-10/h4,7-8,14H,5-6,9,13H2,1-3H3. The van der Waals surface area contributed by atoms with E-state index in [9.17, 15) is 4.79 Å². The number of amides is 1. The number of nitrogens with two attached hydrogens (primary N) is 1. The Morgan fingerprint density at radius 3 is 2.75 bits per heavy atom. The minimum Gasteiger partial charge on any atom is -0.367 e. The highest BCUT2D eigenvalue weighted by Crippen LogP contribution is 2.22. The number of H-pyrrole nitrogens is 1. The maximum atomic E-state index is 12.1. The van der Waals surface area contributed by atoms with Gasteiger partial charge in [0.1, 0.15) is 0 Å². The lowest BCUT2D eigenvalue weighted by molar-refractivity contribution is -0.139. The molecule has 0 aliphatic heterocycles. The van der Waals surface area contributed by atoms with Crippen molar-refractivity contribution >= 4 is 5.91 Å². The fourth-order valence-electron chi connectivity index (χ4n) is 1.79. The van der Waals surface area contributed by atoms with Gasteiger partial charge in [0.05, 0.1) is 0 Å². The molecule has 4 nitrogen and oxygen atoms in total. The number of hydrogen-bond acceptors (Lipinski definition) is 2. The second kappa shape index (κ2) is 5.16. The van der Waals surface area contributed by atoms with Crippen molar-refractivity contribution in [2.24, 2.45) is 11.1 Å². The average Bonchev–Trinajstić information content (AvgIpc) is 2.69. The van der Waals surface area contributed by atoms with Crippen LogP contribution in [0.5, 0.6) is 0 Å². The fourth-order valence-corrected chi connectivity index (χ4v) is 1.79. The maximum absolute atomic E-state index is 12.1. The second-order valence-electron chi connectivity index (χ2n) is 4.80. The largest absolute Gasteiger partial charge is 0.367 e. The number of nitrogens with one attached hydrogen (secondary N) is 1. The molecular formula is C12H21N3O. The third kappa shape index (κ3) is 3.10. The molecule has 3 N–H and O–H groups in total. The summed E-state index contributed by atoms with van der Waals surface area (Å²) in [7, 11) is 1.83. The van der Waals surface area contributed by atoms with Crippen molar-refractivity contribution < 1.29 is 4.79 Å². The Hall–Kier alpha value is -1.29. The van der Waals surface area contributed by atoms with E-state index in [1.165, 1.54) is 0 Å². The second-order valence-corrected chi connectivity index (χ2v) is 4.80. The van der Waals surface area contributed by atoms with E-state index in [1.807, 2.05) is 39.4 Å². The van der Waals surface area contributed by atoms with E-state index < -0.39 is 0 Å². The van der Waals surface area contributed by atoms with Gasteiger partial charge in [-0.2, -0.15) is 0 Å². The van der Waals surface area contributed by atoms with E-state index in [0.29, 0.717) is 19.5 Å². The highest BCUT2D eigenvalue weighted by Gasteiger charge is 2.29. The molecule has 90 valence electrons. The summed E-state index contributed by atoms with van der Waals surface area (Å²) in [5.74, 6) is 0.138. The zero-order valence-electron chi connectivity index (χ0n) is 10.3. The summed E-state index contributed by atoms with van der Waals surface area (Å²) in [4.78, 5) is 16.9. The van der Waals surface area contributed by atoms with Crippen molar-refractivity contribution in [1.82, 2.24) is 9.88 Å². The minimum absolute atomic E-state index is 0.138. The van der Waals surface area contributed by atoms with Crippen LogP contribution in [-0.2, 0) is 11.3 Å². The zero-order valence-corrected chi connectivity index (χ0v) is 10.3. The fraction of sp³-hybridized carbons (Fsp3) is 0.583. The Kier molecular flexibility index (Phi) is 4.12. The van der Waals surface area contributed by atoms with Crippen molar-refractivity contribution in [3.63, 3.8) is 0 Å². The van der Waals surface area contributed by atoms with Crippen LogP contribution >= 0.6 is 0 Å². The quantitative estimate of drug-likeness (QED) is 0.791. The summed E-state index contributed by atoms with van der Waals surface area (Å²) >= 11 is 0. The van der Waals surface area contributed by atoms with Crippen LogP contribution in [0.15, 0.2) is 18.5 Å². The third-order valence-electron chi connectivity index (χ3n) is 2.78. The first-order valence-electron chi connectivity index (χ1n) is 5.54. The molecule has 0 unspecified atom stereocenters. The zero-order chi connectivity index (χ0) is 12.2. The van der Waals surface area contributed by atoms with Crippen LogP contribution in [0.4, 0.5) is 0 Å². The van der Waals surface area contributed by atoms with E-state index >= 15 is 0 Å². The molecule has 1 aromatic rings. The van der Waals surface area contributed by atoms with Gasteiger partial charge in [0.15, 0.2) is 0 Å². The van der Waals surface area contributed by atoms with Crippen molar-refractivity contribution in [3.05, 3.63) is 24.0 Å². The molecule has 0 aliphatic carbocycles. The number of carbonyl (C=O) groups excluding carboxylic acids is 1. The summed E-state index contributed by atoms with van der Waals surface area (Å²) in [6, 6.07) is 1.97. The molecule has 0 aromatic carbocycles. The van der Waals surface area contributed by atoms with Crippen molar-refractivity contribution in [2.45, 2.75) is 26.8 Å². The summed E-state index contributed by atoms with van der Waals surface area (Å²) in [6.07, 6.45) is 4.47. The molecule has 0 spiro atoms. The average molecular weight is 223 g/mol. The Morgan fingerprint density at radius 2 is 2.25 bits per heavy atom. The number of aromatic nitrogens is 1.